The molecule has 6 rings (SSSR count). The molecule has 176 valence electrons. The minimum absolute atomic E-state index is 0.191. The van der Waals surface area contributed by atoms with E-state index in [1.54, 1.807) is 0 Å². The largest absolute Gasteiger partial charge is 0.393 e. The summed E-state index contributed by atoms with van der Waals surface area (Å²) in [6.45, 7) is 10.6. The summed E-state index contributed by atoms with van der Waals surface area (Å²) >= 11 is 0. The summed E-state index contributed by atoms with van der Waals surface area (Å²) in [4.78, 5) is 0. The number of rotatable bonds is 0. The van der Waals surface area contributed by atoms with Gasteiger partial charge in [-0.3, -0.25) is 0 Å². The molecule has 2 aliphatic heterocycles. The molecule has 4 heteroatoms. The molecular formula is C27H44O4. The van der Waals surface area contributed by atoms with E-state index in [1.807, 2.05) is 0 Å². The van der Waals surface area contributed by atoms with Gasteiger partial charge in [0.15, 0.2) is 5.79 Å². The SMILES string of the molecule is CC1C2C(C[C@H]3[C@@H]4C[C@@H](O)[C@H]5C[C@@H](O)CC[C@]5(C)[C@H]4CC[C@]23C)O[C@]12CC[C@H](C)CO2. The van der Waals surface area contributed by atoms with Crippen molar-refractivity contribution in [2.75, 3.05) is 6.61 Å². The molecule has 6 fully saturated rings. The predicted molar refractivity (Wildman–Crippen MR) is 119 cm³/mol. The maximum absolute atomic E-state index is 11.2. The van der Waals surface area contributed by atoms with E-state index < -0.39 is 0 Å². The highest BCUT2D eigenvalue weighted by atomic mass is 16.7. The first-order chi connectivity index (χ1) is 14.7. The van der Waals surface area contributed by atoms with E-state index in [-0.39, 0.29) is 29.3 Å². The summed E-state index contributed by atoms with van der Waals surface area (Å²) in [6.07, 6.45) is 9.58. The van der Waals surface area contributed by atoms with Gasteiger partial charge in [-0.1, -0.05) is 27.7 Å². The second-order valence-electron chi connectivity index (χ2n) is 13.2. The van der Waals surface area contributed by atoms with Crippen LogP contribution < -0.4 is 0 Å². The lowest BCUT2D eigenvalue weighted by molar-refractivity contribution is -0.273. The van der Waals surface area contributed by atoms with Gasteiger partial charge >= 0.3 is 0 Å². The highest BCUT2D eigenvalue weighted by molar-refractivity contribution is 5.16. The maximum Gasteiger partial charge on any atom is 0.171 e. The van der Waals surface area contributed by atoms with Gasteiger partial charge in [0, 0.05) is 12.3 Å². The van der Waals surface area contributed by atoms with Crippen LogP contribution >= 0.6 is 0 Å². The lowest BCUT2D eigenvalue weighted by atomic mass is 9.43. The first kappa shape index (κ1) is 21.4. The molecule has 0 aromatic carbocycles. The van der Waals surface area contributed by atoms with Crippen molar-refractivity contribution in [3.63, 3.8) is 0 Å². The van der Waals surface area contributed by atoms with Crippen molar-refractivity contribution in [2.45, 2.75) is 110 Å². The predicted octanol–water partition coefficient (Wildman–Crippen LogP) is 4.76. The maximum atomic E-state index is 11.2. The van der Waals surface area contributed by atoms with Crippen LogP contribution in [0.3, 0.4) is 0 Å². The van der Waals surface area contributed by atoms with Gasteiger partial charge in [0.05, 0.1) is 24.9 Å². The van der Waals surface area contributed by atoms with Crippen LogP contribution in [0.1, 0.15) is 85.5 Å². The third-order valence-corrected chi connectivity index (χ3v) is 11.9. The van der Waals surface area contributed by atoms with Crippen molar-refractivity contribution in [3.05, 3.63) is 0 Å². The lowest BCUT2D eigenvalue weighted by Crippen LogP contribution is -2.58. The van der Waals surface area contributed by atoms with Gasteiger partial charge in [-0.15, -0.1) is 0 Å². The van der Waals surface area contributed by atoms with Crippen molar-refractivity contribution in [2.24, 2.45) is 52.3 Å². The van der Waals surface area contributed by atoms with Crippen LogP contribution in [-0.4, -0.2) is 40.9 Å². The first-order valence-corrected chi connectivity index (χ1v) is 13.4. The minimum Gasteiger partial charge on any atom is -0.393 e. The third kappa shape index (κ3) is 2.80. The van der Waals surface area contributed by atoms with Crippen molar-refractivity contribution in [3.8, 4) is 0 Å². The van der Waals surface area contributed by atoms with E-state index in [2.05, 4.69) is 27.7 Å². The highest BCUT2D eigenvalue weighted by Crippen LogP contribution is 2.71. The van der Waals surface area contributed by atoms with Crippen LogP contribution in [0, 0.1) is 52.3 Å². The quantitative estimate of drug-likeness (QED) is 0.579. The Kier molecular flexibility index (Phi) is 4.78. The van der Waals surface area contributed by atoms with E-state index in [9.17, 15) is 10.2 Å². The Labute approximate surface area is 188 Å². The zero-order valence-electron chi connectivity index (χ0n) is 20.1. The summed E-state index contributed by atoms with van der Waals surface area (Å²) in [5.74, 6) is 3.58. The smallest absolute Gasteiger partial charge is 0.171 e. The monoisotopic (exact) mass is 432 g/mol. The molecule has 2 saturated heterocycles. The van der Waals surface area contributed by atoms with Crippen molar-refractivity contribution in [1.82, 2.24) is 0 Å². The van der Waals surface area contributed by atoms with Crippen molar-refractivity contribution >= 4 is 0 Å². The molecule has 0 aromatic heterocycles. The molecule has 2 N–H and O–H groups in total. The van der Waals surface area contributed by atoms with E-state index >= 15 is 0 Å². The molecule has 1 spiro atoms. The summed E-state index contributed by atoms with van der Waals surface area (Å²) in [5, 5.41) is 21.5. The van der Waals surface area contributed by atoms with Gasteiger partial charge in [0.1, 0.15) is 0 Å². The molecule has 4 nitrogen and oxygen atoms in total. The van der Waals surface area contributed by atoms with Crippen LogP contribution in [0.4, 0.5) is 0 Å². The summed E-state index contributed by atoms with van der Waals surface area (Å²) < 4.78 is 13.3. The van der Waals surface area contributed by atoms with E-state index in [4.69, 9.17) is 9.47 Å². The fourth-order valence-corrected chi connectivity index (χ4v) is 10.3. The standard InChI is InChI=1S/C27H44O4/c1-15-5-10-27(30-14-15)16(2)24-23(31-27)13-20-18-12-22(29)21-11-17(28)6-8-25(21,3)19(18)7-9-26(20,24)4/h15-24,28-29H,5-14H2,1-4H3/t15-,16?,17-,18+,19-,20-,21+,22+,23?,24?,25+,26-,27+/m0/s1. The zero-order chi connectivity index (χ0) is 21.8. The molecule has 0 aromatic rings. The van der Waals surface area contributed by atoms with Gasteiger partial charge in [-0.2, -0.15) is 0 Å². The number of hydrogen-bond donors (Lipinski definition) is 2. The average molecular weight is 433 g/mol. The second kappa shape index (κ2) is 6.93. The van der Waals surface area contributed by atoms with Crippen molar-refractivity contribution < 1.29 is 19.7 Å². The highest BCUT2D eigenvalue weighted by Gasteiger charge is 2.69. The summed E-state index contributed by atoms with van der Waals surface area (Å²) in [7, 11) is 0. The van der Waals surface area contributed by atoms with Crippen LogP contribution in [0.5, 0.6) is 0 Å². The molecule has 3 unspecified atom stereocenters. The Morgan fingerprint density at radius 3 is 2.32 bits per heavy atom. The fraction of sp³-hybridized carbons (Fsp3) is 1.00. The van der Waals surface area contributed by atoms with E-state index in [0.29, 0.717) is 47.0 Å². The number of aliphatic hydroxyl groups is 2. The van der Waals surface area contributed by atoms with Crippen LogP contribution in [0.2, 0.25) is 0 Å². The Balaban J connectivity index is 1.28. The second-order valence-corrected chi connectivity index (χ2v) is 13.2. The molecule has 0 amide bonds. The molecule has 4 aliphatic carbocycles. The van der Waals surface area contributed by atoms with Crippen LogP contribution in [-0.2, 0) is 9.47 Å². The molecule has 13 atom stereocenters. The molecule has 31 heavy (non-hydrogen) atoms. The Hall–Kier alpha value is -0.160. The molecule has 0 radical (unpaired) electrons. The Morgan fingerprint density at radius 1 is 0.806 bits per heavy atom. The van der Waals surface area contributed by atoms with Gasteiger partial charge < -0.3 is 19.7 Å². The fourth-order valence-electron chi connectivity index (χ4n) is 10.3. The first-order valence-electron chi connectivity index (χ1n) is 13.4. The number of ether oxygens (including phenoxy) is 2. The minimum atomic E-state index is -0.338. The zero-order valence-corrected chi connectivity index (χ0v) is 20.1. The van der Waals surface area contributed by atoms with Gasteiger partial charge in [0.25, 0.3) is 0 Å². The topological polar surface area (TPSA) is 58.9 Å². The van der Waals surface area contributed by atoms with Gasteiger partial charge in [-0.05, 0) is 97.7 Å². The van der Waals surface area contributed by atoms with Crippen LogP contribution in [0.15, 0.2) is 0 Å². The summed E-state index contributed by atoms with van der Waals surface area (Å²) in [5.41, 5.74) is 0.495. The van der Waals surface area contributed by atoms with E-state index in [0.717, 1.165) is 45.1 Å². The number of fused-ring (bicyclic) bond motifs is 7. The number of hydrogen-bond acceptors (Lipinski definition) is 4. The van der Waals surface area contributed by atoms with Gasteiger partial charge in [-0.25, -0.2) is 0 Å². The molecule has 6 aliphatic rings. The molecule has 2 heterocycles. The van der Waals surface area contributed by atoms with Crippen LogP contribution in [0.25, 0.3) is 0 Å². The lowest BCUT2D eigenvalue weighted by Gasteiger charge is -2.62. The normalized spacial score (nSPS) is 63.3. The molecule has 0 bridgehead atoms. The Bertz CT molecular complexity index is 716. The molecule has 4 saturated carbocycles. The average Bonchev–Trinajstić information content (AvgIpc) is 3.17. The third-order valence-electron chi connectivity index (χ3n) is 11.9. The number of aliphatic hydroxyl groups excluding tert-OH is 2. The Morgan fingerprint density at radius 2 is 1.58 bits per heavy atom. The van der Waals surface area contributed by atoms with Crippen molar-refractivity contribution in [1.29, 1.82) is 0 Å². The van der Waals surface area contributed by atoms with Gasteiger partial charge in [0.2, 0.25) is 0 Å². The van der Waals surface area contributed by atoms with E-state index in [1.165, 1.54) is 19.3 Å². The molecular weight excluding hydrogens is 388 g/mol. The summed E-state index contributed by atoms with van der Waals surface area (Å²) in [6, 6.07) is 0.